The molecule has 3 fully saturated rings. The molecule has 0 aliphatic heterocycles. The highest BCUT2D eigenvalue weighted by atomic mass is 14.6. The molecule has 4 rings (SSSR count). The minimum absolute atomic E-state index is 0.712. The third-order valence-corrected chi connectivity index (χ3v) is 7.52. The van der Waals surface area contributed by atoms with Crippen molar-refractivity contribution in [1.82, 2.24) is 0 Å². The van der Waals surface area contributed by atoms with Crippen molar-refractivity contribution in [3.63, 3.8) is 0 Å². The predicted molar refractivity (Wildman–Crippen MR) is 98.6 cm³/mol. The van der Waals surface area contributed by atoms with Crippen LogP contribution in [0.25, 0.3) is 0 Å². The second-order valence-corrected chi connectivity index (χ2v) is 9.08. The Morgan fingerprint density at radius 3 is 2.21 bits per heavy atom. The van der Waals surface area contributed by atoms with E-state index < -0.39 is 0 Å². The molecule has 1 aromatic rings. The van der Waals surface area contributed by atoms with Crippen LogP contribution in [0.4, 0.5) is 0 Å². The molecule has 1 aromatic carbocycles. The zero-order valence-corrected chi connectivity index (χ0v) is 15.1. The van der Waals surface area contributed by atoms with Crippen LogP contribution in [0.5, 0.6) is 0 Å². The van der Waals surface area contributed by atoms with E-state index in [1.54, 1.807) is 0 Å². The number of rotatable bonds is 4. The van der Waals surface area contributed by atoms with Crippen molar-refractivity contribution in [2.24, 2.45) is 23.2 Å². The van der Waals surface area contributed by atoms with Gasteiger partial charge in [0.2, 0.25) is 0 Å². The minimum Gasteiger partial charge on any atom is -0.192 e. The summed E-state index contributed by atoms with van der Waals surface area (Å²) in [6.07, 6.45) is 14.7. The molecule has 0 heterocycles. The standard InChI is InChI=1S/C23H31N/c1-2-3-17-4-8-19(9-5-17)21-12-23(13-21)14-22(15-23)20-10-6-18(16-24)7-11-20/h6-7,10-11,17,19,21-22H,2-5,8-9,12-15H2,1H3/t17-,19-,21?,22?,23?. The molecule has 0 N–H and O–H groups in total. The summed E-state index contributed by atoms with van der Waals surface area (Å²) < 4.78 is 0. The highest BCUT2D eigenvalue weighted by molar-refractivity contribution is 5.34. The number of nitrogens with zero attached hydrogens (tertiary/aromatic N) is 1. The Kier molecular flexibility index (Phi) is 4.42. The normalized spacial score (nSPS) is 38.2. The van der Waals surface area contributed by atoms with Crippen molar-refractivity contribution in [3.8, 4) is 6.07 Å². The SMILES string of the molecule is CCC[C@H]1CC[C@H](C2CC3(CC(c4ccc(C#N)cc4)C3)C2)CC1. The van der Waals surface area contributed by atoms with Gasteiger partial charge in [-0.2, -0.15) is 5.26 Å². The van der Waals surface area contributed by atoms with Crippen LogP contribution in [0.3, 0.4) is 0 Å². The van der Waals surface area contributed by atoms with Crippen LogP contribution in [0.1, 0.15) is 88.2 Å². The molecule has 0 amide bonds. The van der Waals surface area contributed by atoms with Gasteiger partial charge >= 0.3 is 0 Å². The molecule has 3 saturated carbocycles. The van der Waals surface area contributed by atoms with Crippen molar-refractivity contribution < 1.29 is 0 Å². The Bertz CT molecular complexity index is 586. The van der Waals surface area contributed by atoms with Gasteiger partial charge in [0.1, 0.15) is 0 Å². The topological polar surface area (TPSA) is 23.8 Å². The van der Waals surface area contributed by atoms with E-state index in [2.05, 4.69) is 25.1 Å². The Morgan fingerprint density at radius 2 is 1.62 bits per heavy atom. The molecule has 0 bridgehead atoms. The molecule has 0 atom stereocenters. The summed E-state index contributed by atoms with van der Waals surface area (Å²) in [7, 11) is 0. The van der Waals surface area contributed by atoms with Crippen LogP contribution in [0.15, 0.2) is 24.3 Å². The molecule has 128 valence electrons. The first-order chi connectivity index (χ1) is 11.7. The summed E-state index contributed by atoms with van der Waals surface area (Å²) in [5.41, 5.74) is 2.96. The van der Waals surface area contributed by atoms with Crippen LogP contribution in [0, 0.1) is 34.5 Å². The second-order valence-electron chi connectivity index (χ2n) is 9.08. The zero-order chi connectivity index (χ0) is 16.6. The maximum Gasteiger partial charge on any atom is 0.0991 e. The largest absolute Gasteiger partial charge is 0.192 e. The maximum atomic E-state index is 8.92. The summed E-state index contributed by atoms with van der Waals surface area (Å²) in [5.74, 6) is 3.91. The van der Waals surface area contributed by atoms with Crippen molar-refractivity contribution >= 4 is 0 Å². The summed E-state index contributed by atoms with van der Waals surface area (Å²) in [5, 5.41) is 8.92. The Labute approximate surface area is 147 Å². The molecule has 1 nitrogen and oxygen atoms in total. The molecular weight excluding hydrogens is 290 g/mol. The molecule has 0 unspecified atom stereocenters. The third kappa shape index (κ3) is 3.01. The van der Waals surface area contributed by atoms with Crippen molar-refractivity contribution in [2.45, 2.75) is 77.0 Å². The molecule has 3 aliphatic rings. The third-order valence-electron chi connectivity index (χ3n) is 7.52. The monoisotopic (exact) mass is 321 g/mol. The molecule has 24 heavy (non-hydrogen) atoms. The van der Waals surface area contributed by atoms with Gasteiger partial charge in [-0.05, 0) is 85.3 Å². The summed E-state index contributed by atoms with van der Waals surface area (Å²) >= 11 is 0. The predicted octanol–water partition coefficient (Wildman–Crippen LogP) is 6.44. The number of benzene rings is 1. The van der Waals surface area contributed by atoms with Crippen LogP contribution >= 0.6 is 0 Å². The Morgan fingerprint density at radius 1 is 0.958 bits per heavy atom. The Hall–Kier alpha value is -1.29. The van der Waals surface area contributed by atoms with E-state index >= 15 is 0 Å². The molecular formula is C23H31N. The van der Waals surface area contributed by atoms with Crippen LogP contribution in [0.2, 0.25) is 0 Å². The fourth-order valence-electron chi connectivity index (χ4n) is 6.13. The zero-order valence-electron chi connectivity index (χ0n) is 15.1. The van der Waals surface area contributed by atoms with E-state index in [1.807, 2.05) is 12.1 Å². The molecule has 1 heteroatoms. The van der Waals surface area contributed by atoms with Gasteiger partial charge in [0, 0.05) is 0 Å². The molecule has 0 radical (unpaired) electrons. The first-order valence-corrected chi connectivity index (χ1v) is 10.2. The van der Waals surface area contributed by atoms with Gasteiger partial charge in [0.05, 0.1) is 11.6 Å². The van der Waals surface area contributed by atoms with E-state index in [1.165, 1.54) is 69.8 Å². The fraction of sp³-hybridized carbons (Fsp3) is 0.696. The van der Waals surface area contributed by atoms with Gasteiger partial charge < -0.3 is 0 Å². The molecule has 1 spiro atoms. The lowest BCUT2D eigenvalue weighted by Crippen LogP contribution is -2.49. The number of nitriles is 1. The fourth-order valence-corrected chi connectivity index (χ4v) is 6.13. The molecule has 3 aliphatic carbocycles. The van der Waals surface area contributed by atoms with Gasteiger partial charge in [0.25, 0.3) is 0 Å². The van der Waals surface area contributed by atoms with Crippen molar-refractivity contribution in [3.05, 3.63) is 35.4 Å². The quantitative estimate of drug-likeness (QED) is 0.626. The van der Waals surface area contributed by atoms with E-state index in [0.29, 0.717) is 5.41 Å². The summed E-state index contributed by atoms with van der Waals surface area (Å²) in [6.45, 7) is 2.34. The van der Waals surface area contributed by atoms with Gasteiger partial charge in [0.15, 0.2) is 0 Å². The minimum atomic E-state index is 0.712. The highest BCUT2D eigenvalue weighted by Gasteiger charge is 2.54. The van der Waals surface area contributed by atoms with Gasteiger partial charge in [-0.25, -0.2) is 0 Å². The highest BCUT2D eigenvalue weighted by Crippen LogP contribution is 2.66. The summed E-state index contributed by atoms with van der Waals surface area (Å²) in [4.78, 5) is 0. The van der Waals surface area contributed by atoms with Crippen LogP contribution in [-0.4, -0.2) is 0 Å². The number of hydrogen-bond acceptors (Lipinski definition) is 1. The molecule has 0 saturated heterocycles. The van der Waals surface area contributed by atoms with Gasteiger partial charge in [-0.15, -0.1) is 0 Å². The first-order valence-electron chi connectivity index (χ1n) is 10.2. The lowest BCUT2D eigenvalue weighted by Gasteiger charge is -2.60. The van der Waals surface area contributed by atoms with E-state index in [9.17, 15) is 0 Å². The van der Waals surface area contributed by atoms with E-state index in [0.717, 1.165) is 29.2 Å². The number of hydrogen-bond donors (Lipinski definition) is 0. The Balaban J connectivity index is 1.23. The first kappa shape index (κ1) is 16.2. The summed E-state index contributed by atoms with van der Waals surface area (Å²) in [6, 6.07) is 10.6. The van der Waals surface area contributed by atoms with E-state index in [4.69, 9.17) is 5.26 Å². The van der Waals surface area contributed by atoms with Crippen molar-refractivity contribution in [2.75, 3.05) is 0 Å². The van der Waals surface area contributed by atoms with Crippen LogP contribution < -0.4 is 0 Å². The average Bonchev–Trinajstić information content (AvgIpc) is 2.54. The van der Waals surface area contributed by atoms with Crippen molar-refractivity contribution in [1.29, 1.82) is 5.26 Å². The van der Waals surface area contributed by atoms with Gasteiger partial charge in [-0.1, -0.05) is 44.7 Å². The maximum absolute atomic E-state index is 8.92. The van der Waals surface area contributed by atoms with Crippen LogP contribution in [-0.2, 0) is 0 Å². The van der Waals surface area contributed by atoms with Gasteiger partial charge in [-0.3, -0.25) is 0 Å². The molecule has 0 aromatic heterocycles. The second kappa shape index (κ2) is 6.55. The van der Waals surface area contributed by atoms with E-state index in [-0.39, 0.29) is 0 Å². The lowest BCUT2D eigenvalue weighted by atomic mass is 9.45. The smallest absolute Gasteiger partial charge is 0.0991 e. The average molecular weight is 322 g/mol. The lowest BCUT2D eigenvalue weighted by molar-refractivity contribution is -0.0726.